The maximum atomic E-state index is 13.9. The molecule has 0 bridgehead atoms. The number of amides is 2. The highest BCUT2D eigenvalue weighted by Gasteiger charge is 2.33. The topological polar surface area (TPSA) is 154 Å². The van der Waals surface area contributed by atoms with E-state index in [0.29, 0.717) is 30.4 Å². The molecule has 0 aliphatic carbocycles. The van der Waals surface area contributed by atoms with Crippen LogP contribution in [0.2, 0.25) is 0 Å². The number of carbonyl (C=O) groups is 3. The highest BCUT2D eigenvalue weighted by atomic mass is 32.1. The Labute approximate surface area is 328 Å². The summed E-state index contributed by atoms with van der Waals surface area (Å²) in [4.78, 5) is 51.6. The van der Waals surface area contributed by atoms with Gasteiger partial charge in [-0.2, -0.15) is 0 Å². The fourth-order valence-corrected chi connectivity index (χ4v) is 7.52. The summed E-state index contributed by atoms with van der Waals surface area (Å²) in [6.45, 7) is 10.4. The number of aromatic nitrogens is 2. The van der Waals surface area contributed by atoms with E-state index in [4.69, 9.17) is 4.74 Å². The first-order chi connectivity index (χ1) is 26.4. The number of unbranched alkanes of at least 4 members (excludes halogenated alkanes) is 4. The van der Waals surface area contributed by atoms with Crippen molar-refractivity contribution in [1.82, 2.24) is 25.5 Å². The monoisotopic (exact) mass is 769 g/mol. The molecule has 0 spiro atoms. The number of likely N-dealkylation sites (tertiary alicyclic amines) is 1. The predicted molar refractivity (Wildman–Crippen MR) is 216 cm³/mol. The molecular formula is C43H55N5O6S. The number of aliphatic hydroxyl groups is 1. The number of nitrogens with one attached hydrogen (secondary N) is 2. The van der Waals surface area contributed by atoms with Gasteiger partial charge in [0.25, 0.3) is 5.91 Å². The molecule has 1 saturated heterocycles. The summed E-state index contributed by atoms with van der Waals surface area (Å²) < 4.78 is 5.90. The Morgan fingerprint density at radius 2 is 1.51 bits per heavy atom. The van der Waals surface area contributed by atoms with E-state index in [1.165, 1.54) is 37.0 Å². The molecule has 4 N–H and O–H groups in total. The van der Waals surface area contributed by atoms with Gasteiger partial charge in [-0.05, 0) is 60.1 Å². The average Bonchev–Trinajstić information content (AvgIpc) is 3.90. The second kappa shape index (κ2) is 19.8. The minimum Gasteiger partial charge on any atom is -0.494 e. The molecule has 5 rings (SSSR count). The lowest BCUT2D eigenvalue weighted by molar-refractivity contribution is -0.140. The van der Waals surface area contributed by atoms with Crippen LogP contribution >= 0.6 is 11.3 Å². The van der Waals surface area contributed by atoms with Crippen LogP contribution < -0.4 is 15.4 Å². The van der Waals surface area contributed by atoms with Gasteiger partial charge in [-0.1, -0.05) is 89.8 Å². The van der Waals surface area contributed by atoms with Crippen molar-refractivity contribution in [3.63, 3.8) is 0 Å². The van der Waals surface area contributed by atoms with Crippen molar-refractivity contribution in [2.75, 3.05) is 19.7 Å². The van der Waals surface area contributed by atoms with Gasteiger partial charge in [-0.25, -0.2) is 9.97 Å². The molecule has 2 aromatic heterocycles. The van der Waals surface area contributed by atoms with E-state index in [2.05, 4.69) is 48.3 Å². The van der Waals surface area contributed by atoms with Gasteiger partial charge in [0.15, 0.2) is 5.82 Å². The summed E-state index contributed by atoms with van der Waals surface area (Å²) in [7, 11) is 0. The molecule has 4 aromatic rings. The van der Waals surface area contributed by atoms with E-state index < -0.39 is 42.5 Å². The SMILES string of the molecule is CCCCCCCOc1ccc(-c2cnc(-c3ccc(C[C@H](NC(=O)c4ccc(C(C)(C)C)s4)C(=O)N[C@@H](CC(=O)O)C(O)N4CCCC4)cc3)nc2)cc1. The van der Waals surface area contributed by atoms with E-state index >= 15 is 0 Å². The van der Waals surface area contributed by atoms with Crippen LogP contribution in [0.15, 0.2) is 73.1 Å². The predicted octanol–water partition coefficient (Wildman–Crippen LogP) is 7.23. The Morgan fingerprint density at radius 3 is 2.13 bits per heavy atom. The minimum absolute atomic E-state index is 0.132. The molecule has 12 heteroatoms. The van der Waals surface area contributed by atoms with Crippen molar-refractivity contribution < 1.29 is 29.3 Å². The zero-order valence-corrected chi connectivity index (χ0v) is 33.2. The third kappa shape index (κ3) is 12.2. The second-order valence-electron chi connectivity index (χ2n) is 15.3. The van der Waals surface area contributed by atoms with Crippen LogP contribution in [0.25, 0.3) is 22.5 Å². The molecule has 1 aliphatic heterocycles. The number of hydrogen-bond donors (Lipinski definition) is 4. The van der Waals surface area contributed by atoms with Gasteiger partial charge in [0, 0.05) is 47.9 Å². The molecule has 3 heterocycles. The van der Waals surface area contributed by atoms with Crippen LogP contribution in [0.4, 0.5) is 0 Å². The zero-order chi connectivity index (χ0) is 39.4. The van der Waals surface area contributed by atoms with Crippen molar-refractivity contribution in [3.8, 4) is 28.3 Å². The highest BCUT2D eigenvalue weighted by Crippen LogP contribution is 2.30. The third-order valence-electron chi connectivity index (χ3n) is 9.80. The number of carbonyl (C=O) groups excluding carboxylic acids is 2. The number of rotatable bonds is 19. The molecule has 2 aromatic carbocycles. The second-order valence-corrected chi connectivity index (χ2v) is 16.4. The molecule has 1 unspecified atom stereocenters. The average molecular weight is 770 g/mol. The van der Waals surface area contributed by atoms with Gasteiger partial charge >= 0.3 is 5.97 Å². The van der Waals surface area contributed by atoms with Gasteiger partial charge in [0.05, 0.1) is 23.9 Å². The lowest BCUT2D eigenvalue weighted by Crippen LogP contribution is -2.56. The summed E-state index contributed by atoms with van der Waals surface area (Å²) in [5, 5.41) is 26.3. The molecule has 294 valence electrons. The fraction of sp³-hybridized carbons (Fsp3) is 0.465. The number of nitrogens with zero attached hydrogens (tertiary/aromatic N) is 3. The number of carboxylic acids is 1. The van der Waals surface area contributed by atoms with Crippen molar-refractivity contribution in [1.29, 1.82) is 0 Å². The smallest absolute Gasteiger partial charge is 0.305 e. The van der Waals surface area contributed by atoms with E-state index in [1.807, 2.05) is 54.6 Å². The van der Waals surface area contributed by atoms with E-state index in [1.54, 1.807) is 23.4 Å². The van der Waals surface area contributed by atoms with Gasteiger partial charge < -0.3 is 25.6 Å². The largest absolute Gasteiger partial charge is 0.494 e. The molecule has 1 aliphatic rings. The van der Waals surface area contributed by atoms with Gasteiger partial charge in [-0.15, -0.1) is 11.3 Å². The number of aliphatic carboxylic acids is 1. The first-order valence-electron chi connectivity index (χ1n) is 19.4. The number of ether oxygens (including phenoxy) is 1. The van der Waals surface area contributed by atoms with Gasteiger partial charge in [-0.3, -0.25) is 19.3 Å². The van der Waals surface area contributed by atoms with Crippen molar-refractivity contribution in [2.45, 2.75) is 109 Å². The fourth-order valence-electron chi connectivity index (χ4n) is 6.56. The van der Waals surface area contributed by atoms with E-state index in [-0.39, 0.29) is 11.8 Å². The number of hydrogen-bond acceptors (Lipinski definition) is 9. The number of carboxylic acid groups (broad SMARTS) is 1. The lowest BCUT2D eigenvalue weighted by Gasteiger charge is -2.31. The molecule has 11 nitrogen and oxygen atoms in total. The minimum atomic E-state index is -1.17. The Morgan fingerprint density at radius 1 is 0.855 bits per heavy atom. The van der Waals surface area contributed by atoms with Crippen LogP contribution in [-0.2, 0) is 21.4 Å². The van der Waals surface area contributed by atoms with Crippen LogP contribution in [0, 0.1) is 0 Å². The van der Waals surface area contributed by atoms with Crippen LogP contribution in [0.3, 0.4) is 0 Å². The molecule has 1 fully saturated rings. The summed E-state index contributed by atoms with van der Waals surface area (Å²) in [5.41, 5.74) is 3.27. The number of thiophene rings is 1. The van der Waals surface area contributed by atoms with Crippen LogP contribution in [-0.4, -0.2) is 80.9 Å². The zero-order valence-electron chi connectivity index (χ0n) is 32.4. The Hall–Kier alpha value is -4.65. The Kier molecular flexibility index (Phi) is 14.9. The number of benzene rings is 2. The maximum Gasteiger partial charge on any atom is 0.305 e. The van der Waals surface area contributed by atoms with Crippen LogP contribution in [0.5, 0.6) is 5.75 Å². The summed E-state index contributed by atoms with van der Waals surface area (Å²) in [6.07, 6.45) is 9.82. The molecule has 3 atom stereocenters. The van der Waals surface area contributed by atoms with Crippen molar-refractivity contribution in [3.05, 3.63) is 88.4 Å². The number of aliphatic hydroxyl groups excluding tert-OH is 1. The summed E-state index contributed by atoms with van der Waals surface area (Å²) in [5.74, 6) is -0.733. The molecule has 55 heavy (non-hydrogen) atoms. The van der Waals surface area contributed by atoms with Gasteiger partial charge in [0.2, 0.25) is 5.91 Å². The maximum absolute atomic E-state index is 13.9. The first kappa shape index (κ1) is 41.5. The summed E-state index contributed by atoms with van der Waals surface area (Å²) >= 11 is 1.37. The standard InChI is InChI=1S/C43H55N5O6S/c1-5-6-7-8-11-24-54-33-18-16-30(17-19-33)32-27-44-39(45-28-32)31-14-12-29(13-15-31)25-34(46-41(52)36-20-21-37(55-36)43(2,3)4)40(51)47-35(26-38(49)50)42(53)48-22-9-10-23-48/h12-21,27-28,34-35,42,53H,5-11,22-26H2,1-4H3,(H,46,52)(H,47,51)(H,49,50)/t34-,35-,42?/m0/s1. The molecule has 2 amide bonds. The van der Waals surface area contributed by atoms with Crippen molar-refractivity contribution in [2.24, 2.45) is 0 Å². The van der Waals surface area contributed by atoms with E-state index in [9.17, 15) is 24.6 Å². The Bertz CT molecular complexity index is 1830. The first-order valence-corrected chi connectivity index (χ1v) is 20.2. The third-order valence-corrected chi connectivity index (χ3v) is 11.3. The van der Waals surface area contributed by atoms with Crippen LogP contribution in [0.1, 0.15) is 99.2 Å². The quantitative estimate of drug-likeness (QED) is 0.0724. The Balaban J connectivity index is 1.26. The molecule has 0 saturated carbocycles. The normalized spacial score (nSPS) is 14.9. The highest BCUT2D eigenvalue weighted by molar-refractivity contribution is 7.14. The van der Waals surface area contributed by atoms with E-state index in [0.717, 1.165) is 52.1 Å². The lowest BCUT2D eigenvalue weighted by atomic mass is 9.95. The van der Waals surface area contributed by atoms with Gasteiger partial charge in [0.1, 0.15) is 18.0 Å². The molecule has 0 radical (unpaired) electrons. The molecular weight excluding hydrogens is 715 g/mol. The van der Waals surface area contributed by atoms with Crippen molar-refractivity contribution >= 4 is 29.1 Å². The summed E-state index contributed by atoms with van der Waals surface area (Å²) in [6, 6.07) is 17.0.